The monoisotopic (exact) mass is 757 g/mol. The second-order valence-electron chi connectivity index (χ2n) is 15.4. The van der Waals surface area contributed by atoms with Crippen LogP contribution < -0.4 is 25.0 Å². The van der Waals surface area contributed by atoms with E-state index in [2.05, 4.69) is 54.5 Å². The molecule has 0 spiro atoms. The molecule has 2 amide bonds. The number of nitrogens with zero attached hydrogens (tertiary/aromatic N) is 3. The van der Waals surface area contributed by atoms with Gasteiger partial charge in [0.25, 0.3) is 5.91 Å². The van der Waals surface area contributed by atoms with Gasteiger partial charge in [0, 0.05) is 49.7 Å². The van der Waals surface area contributed by atoms with E-state index in [0.717, 1.165) is 36.2 Å². The predicted octanol–water partition coefficient (Wildman–Crippen LogP) is 6.79. The molecule has 3 aliphatic rings. The summed E-state index contributed by atoms with van der Waals surface area (Å²) in [6.45, 7) is 14.5. The highest BCUT2D eigenvalue weighted by molar-refractivity contribution is 6.74. The predicted molar refractivity (Wildman–Crippen MR) is 194 cm³/mol. The SMILES string of the molecule is C[C@H]1CN(c2c(NC(=O)c3ccc(F)c(-c4c(F)cc(OC5CCCOC5)cc4F)n3)cnc3c2CCO3)C[C@@H](NC(=O)O)[C@@H]1O[Si](C)(C)C(C)(C)C. The summed E-state index contributed by atoms with van der Waals surface area (Å²) < 4.78 is 69.5. The summed E-state index contributed by atoms with van der Waals surface area (Å²) in [6.07, 6.45) is 1.37. The smallest absolute Gasteiger partial charge is 0.405 e. The number of hydrogen-bond donors (Lipinski definition) is 3. The fourth-order valence-corrected chi connectivity index (χ4v) is 8.23. The van der Waals surface area contributed by atoms with Crippen LogP contribution in [0, 0.1) is 23.4 Å². The van der Waals surface area contributed by atoms with E-state index in [4.69, 9.17) is 18.6 Å². The lowest BCUT2D eigenvalue weighted by atomic mass is 9.91. The lowest BCUT2D eigenvalue weighted by Gasteiger charge is -2.48. The third-order valence-electron chi connectivity index (χ3n) is 10.4. The van der Waals surface area contributed by atoms with Crippen molar-refractivity contribution in [2.75, 3.05) is 43.1 Å². The first-order valence-corrected chi connectivity index (χ1v) is 20.7. The zero-order chi connectivity index (χ0) is 38.2. The van der Waals surface area contributed by atoms with Crippen molar-refractivity contribution in [3.8, 4) is 22.9 Å². The average molecular weight is 758 g/mol. The number of nitrogens with one attached hydrogen (secondary N) is 2. The minimum absolute atomic E-state index is 0.0696. The molecule has 3 N–H and O–H groups in total. The van der Waals surface area contributed by atoms with Crippen molar-refractivity contribution < 1.29 is 46.5 Å². The highest BCUT2D eigenvalue weighted by Gasteiger charge is 2.45. The van der Waals surface area contributed by atoms with E-state index < -0.39 is 61.2 Å². The van der Waals surface area contributed by atoms with Crippen molar-refractivity contribution in [3.05, 3.63) is 59.2 Å². The van der Waals surface area contributed by atoms with Crippen LogP contribution >= 0.6 is 0 Å². The van der Waals surface area contributed by atoms with Gasteiger partial charge in [-0.15, -0.1) is 0 Å². The Bertz CT molecular complexity index is 1850. The summed E-state index contributed by atoms with van der Waals surface area (Å²) in [5, 5.41) is 15.2. The Labute approximate surface area is 307 Å². The van der Waals surface area contributed by atoms with Gasteiger partial charge in [-0.25, -0.2) is 27.9 Å². The molecule has 0 bridgehead atoms. The minimum Gasteiger partial charge on any atom is -0.488 e. The summed E-state index contributed by atoms with van der Waals surface area (Å²) in [5.41, 5.74) is -0.123. The number of carbonyl (C=O) groups excluding carboxylic acids is 1. The number of halogens is 3. The van der Waals surface area contributed by atoms with Gasteiger partial charge in [-0.05, 0) is 43.1 Å². The molecule has 6 rings (SSSR count). The summed E-state index contributed by atoms with van der Waals surface area (Å²) in [7, 11) is -2.30. The second kappa shape index (κ2) is 15.1. The molecule has 0 aliphatic carbocycles. The van der Waals surface area contributed by atoms with Crippen LogP contribution in [0.25, 0.3) is 11.3 Å². The Balaban J connectivity index is 1.28. The van der Waals surface area contributed by atoms with E-state index >= 15 is 13.2 Å². The summed E-state index contributed by atoms with van der Waals surface area (Å²) >= 11 is 0. The van der Waals surface area contributed by atoms with E-state index in [9.17, 15) is 14.7 Å². The number of rotatable bonds is 9. The molecule has 1 aromatic carbocycles. The summed E-state index contributed by atoms with van der Waals surface area (Å²) in [5.74, 6) is -3.83. The molecule has 1 unspecified atom stereocenters. The normalized spacial score (nSPS) is 21.8. The minimum atomic E-state index is -2.30. The number of pyridine rings is 2. The third-order valence-corrected chi connectivity index (χ3v) is 14.9. The van der Waals surface area contributed by atoms with Crippen LogP contribution in [0.1, 0.15) is 56.6 Å². The van der Waals surface area contributed by atoms with E-state index in [1.165, 1.54) is 6.20 Å². The molecule has 0 radical (unpaired) electrons. The maximum atomic E-state index is 15.4. The molecule has 3 aromatic rings. The van der Waals surface area contributed by atoms with Gasteiger partial charge < -0.3 is 39.3 Å². The fourth-order valence-electron chi connectivity index (χ4n) is 6.80. The molecule has 53 heavy (non-hydrogen) atoms. The van der Waals surface area contributed by atoms with Crippen LogP contribution in [0.15, 0.2) is 30.5 Å². The van der Waals surface area contributed by atoms with Gasteiger partial charge >= 0.3 is 6.09 Å². The third kappa shape index (κ3) is 8.23. The number of fused-ring (bicyclic) bond motifs is 1. The van der Waals surface area contributed by atoms with Gasteiger partial charge in [-0.3, -0.25) is 4.79 Å². The molecular weight excluding hydrogens is 712 g/mol. The lowest BCUT2D eigenvalue weighted by molar-refractivity contribution is 0.00720. The maximum absolute atomic E-state index is 15.4. The topological polar surface area (TPSA) is 144 Å². The Kier molecular flexibility index (Phi) is 10.9. The van der Waals surface area contributed by atoms with Crippen LogP contribution in [-0.4, -0.2) is 86.6 Å². The number of amides is 2. The number of piperidine rings is 1. The van der Waals surface area contributed by atoms with Crippen molar-refractivity contribution in [2.24, 2.45) is 5.92 Å². The summed E-state index contributed by atoms with van der Waals surface area (Å²) in [4.78, 5) is 36.2. The quantitative estimate of drug-likeness (QED) is 0.200. The molecule has 12 nitrogen and oxygen atoms in total. The molecule has 2 aromatic heterocycles. The Hall–Kier alpha value is -4.41. The first-order chi connectivity index (χ1) is 25.0. The molecule has 5 heterocycles. The number of hydrogen-bond acceptors (Lipinski definition) is 9. The van der Waals surface area contributed by atoms with Gasteiger partial charge in [0.2, 0.25) is 5.88 Å². The lowest BCUT2D eigenvalue weighted by Crippen LogP contribution is -2.62. The van der Waals surface area contributed by atoms with E-state index in [1.54, 1.807) is 0 Å². The molecule has 2 saturated heterocycles. The number of aromatic nitrogens is 2. The van der Waals surface area contributed by atoms with Crippen molar-refractivity contribution in [2.45, 2.75) is 83.3 Å². The van der Waals surface area contributed by atoms with E-state index in [-0.39, 0.29) is 47.3 Å². The van der Waals surface area contributed by atoms with Crippen LogP contribution in [0.4, 0.5) is 29.3 Å². The number of carboxylic acid groups (broad SMARTS) is 1. The first-order valence-electron chi connectivity index (χ1n) is 17.8. The van der Waals surface area contributed by atoms with Crippen molar-refractivity contribution in [3.63, 3.8) is 0 Å². The van der Waals surface area contributed by atoms with E-state index in [1.807, 2.05) is 11.8 Å². The molecule has 4 atom stereocenters. The Morgan fingerprint density at radius 2 is 1.81 bits per heavy atom. The number of benzene rings is 1. The van der Waals surface area contributed by atoms with Gasteiger partial charge in [0.15, 0.2) is 8.32 Å². The number of carbonyl (C=O) groups is 2. The highest BCUT2D eigenvalue weighted by Crippen LogP contribution is 2.43. The second-order valence-corrected chi connectivity index (χ2v) is 20.1. The van der Waals surface area contributed by atoms with Crippen molar-refractivity contribution in [1.29, 1.82) is 0 Å². The van der Waals surface area contributed by atoms with Gasteiger partial charge in [0.05, 0.1) is 48.5 Å². The summed E-state index contributed by atoms with van der Waals surface area (Å²) in [6, 6.07) is 3.34. The molecule has 0 saturated carbocycles. The fraction of sp³-hybridized carbons (Fsp3) is 0.514. The van der Waals surface area contributed by atoms with Crippen LogP contribution in [0.3, 0.4) is 0 Å². The molecule has 3 aliphatic heterocycles. The first kappa shape index (κ1) is 38.3. The number of anilines is 2. The Morgan fingerprint density at radius 3 is 2.47 bits per heavy atom. The zero-order valence-electron chi connectivity index (χ0n) is 30.7. The highest BCUT2D eigenvalue weighted by atomic mass is 28.4. The molecule has 286 valence electrons. The largest absolute Gasteiger partial charge is 0.488 e. The average Bonchev–Trinajstić information content (AvgIpc) is 3.55. The van der Waals surface area contributed by atoms with Crippen molar-refractivity contribution in [1.82, 2.24) is 15.3 Å². The maximum Gasteiger partial charge on any atom is 0.405 e. The van der Waals surface area contributed by atoms with E-state index in [0.29, 0.717) is 44.2 Å². The Morgan fingerprint density at radius 1 is 1.08 bits per heavy atom. The molecule has 16 heteroatoms. The zero-order valence-corrected chi connectivity index (χ0v) is 31.7. The van der Waals surface area contributed by atoms with Gasteiger partial charge in [-0.2, -0.15) is 0 Å². The van der Waals surface area contributed by atoms with Gasteiger partial charge in [0.1, 0.15) is 40.7 Å². The van der Waals surface area contributed by atoms with Crippen LogP contribution in [-0.2, 0) is 15.6 Å². The molecular formula is C37H46F3N5O7Si. The number of ether oxygens (including phenoxy) is 3. The van der Waals surface area contributed by atoms with Gasteiger partial charge in [-0.1, -0.05) is 27.7 Å². The van der Waals surface area contributed by atoms with Crippen LogP contribution in [0.2, 0.25) is 18.1 Å². The standard InChI is InChI=1S/C37H46F3N5O7Si/c1-20-17-45(18-29(44-36(47)48)33(20)52-53(5,6)37(2,3)4)32-23-11-13-50-35(23)41-16-28(32)43-34(46)27-10-9-24(38)31(42-27)30-25(39)14-22(15-26(30)40)51-21-8-7-12-49-19-21/h9-10,14-16,20-21,29,33,44H,7-8,11-13,17-19H2,1-6H3,(H,43,46)(H,47,48)/t20-,21?,29+,33+/m0/s1. The van der Waals surface area contributed by atoms with Crippen LogP contribution in [0.5, 0.6) is 11.6 Å². The van der Waals surface area contributed by atoms with Crippen molar-refractivity contribution >= 4 is 31.7 Å². The molecule has 2 fully saturated rings.